The van der Waals surface area contributed by atoms with Gasteiger partial charge in [0, 0.05) is 13.5 Å². The third-order valence-corrected chi connectivity index (χ3v) is 5.25. The van der Waals surface area contributed by atoms with Gasteiger partial charge in [-0.25, -0.2) is 5.06 Å². The number of hydrogen-bond acceptors (Lipinski definition) is 3. The lowest BCUT2D eigenvalue weighted by Gasteiger charge is -2.19. The summed E-state index contributed by atoms with van der Waals surface area (Å²) in [7, 11) is -3.00. The molecule has 6 nitrogen and oxygen atoms in total. The third kappa shape index (κ3) is 6.25. The first-order valence-corrected chi connectivity index (χ1v) is 10.0. The van der Waals surface area contributed by atoms with Gasteiger partial charge < -0.3 is 9.79 Å². The van der Waals surface area contributed by atoms with Crippen LogP contribution in [-0.2, 0) is 15.8 Å². The number of nitrogens with zero attached hydrogens (tertiary/aromatic N) is 1. The quantitative estimate of drug-likeness (QED) is 0.379. The molecule has 0 aliphatic heterocycles. The van der Waals surface area contributed by atoms with Crippen molar-refractivity contribution in [1.29, 1.82) is 0 Å². The lowest BCUT2D eigenvalue weighted by atomic mass is 9.95. The summed E-state index contributed by atoms with van der Waals surface area (Å²) in [5.74, 6) is -0.999. The number of hydrogen-bond donors (Lipinski definition) is 3. The molecule has 1 amide bonds. The van der Waals surface area contributed by atoms with E-state index in [0.29, 0.717) is 17.9 Å². The lowest BCUT2D eigenvalue weighted by molar-refractivity contribution is -0.160. The molecule has 0 saturated carbocycles. The van der Waals surface area contributed by atoms with Gasteiger partial charge in [0.2, 0.25) is 5.91 Å². The van der Waals surface area contributed by atoms with E-state index >= 15 is 0 Å². The highest BCUT2D eigenvalue weighted by molar-refractivity contribution is 7.51. The number of hydroxylamine groups is 2. The number of aryl methyl sites for hydroxylation is 1. The molecule has 0 aliphatic rings. The molecule has 0 fully saturated rings. The third-order valence-electron chi connectivity index (χ3n) is 4.26. The molecule has 2 aromatic rings. The highest BCUT2D eigenvalue weighted by Crippen LogP contribution is 2.39. The van der Waals surface area contributed by atoms with E-state index in [2.05, 4.69) is 6.07 Å². The van der Waals surface area contributed by atoms with Crippen LogP contribution in [-0.4, -0.2) is 39.2 Å². The van der Waals surface area contributed by atoms with E-state index in [0.717, 1.165) is 11.8 Å². The smallest absolute Gasteiger partial charge is 0.324 e. The van der Waals surface area contributed by atoms with Crippen LogP contribution in [0.1, 0.15) is 24.8 Å². The van der Waals surface area contributed by atoms with Gasteiger partial charge >= 0.3 is 7.60 Å². The number of carbonyl (C=O) groups excluding carboxylic acids is 1. The molecule has 136 valence electrons. The van der Waals surface area contributed by atoms with Crippen LogP contribution in [0.15, 0.2) is 42.5 Å². The van der Waals surface area contributed by atoms with Crippen LogP contribution < -0.4 is 0 Å². The van der Waals surface area contributed by atoms with Gasteiger partial charge in [-0.1, -0.05) is 42.5 Å². The minimum absolute atomic E-state index is 0.0757. The number of carbonyl (C=O) groups is 1. The van der Waals surface area contributed by atoms with Gasteiger partial charge in [0.05, 0.1) is 6.16 Å². The first-order valence-electron chi connectivity index (χ1n) is 8.23. The van der Waals surface area contributed by atoms with Crippen LogP contribution in [0.2, 0.25) is 0 Å². The summed E-state index contributed by atoms with van der Waals surface area (Å²) in [6.07, 6.45) is 1.56. The molecule has 0 aliphatic carbocycles. The van der Waals surface area contributed by atoms with Gasteiger partial charge in [0.15, 0.2) is 0 Å². The largest absolute Gasteiger partial charge is 0.325 e. The van der Waals surface area contributed by atoms with E-state index in [1.54, 1.807) is 0 Å². The summed E-state index contributed by atoms with van der Waals surface area (Å²) in [4.78, 5) is 30.1. The highest BCUT2D eigenvalue weighted by Gasteiger charge is 2.24. The van der Waals surface area contributed by atoms with E-state index in [9.17, 15) is 24.4 Å². The molecule has 7 heteroatoms. The zero-order valence-electron chi connectivity index (χ0n) is 14.2. The number of amides is 1. The van der Waals surface area contributed by atoms with Crippen LogP contribution in [0.4, 0.5) is 0 Å². The van der Waals surface area contributed by atoms with Gasteiger partial charge in [-0.3, -0.25) is 14.6 Å². The Morgan fingerprint density at radius 3 is 2.52 bits per heavy atom. The van der Waals surface area contributed by atoms with Crippen LogP contribution in [0.5, 0.6) is 0 Å². The first kappa shape index (κ1) is 19.6. The Balaban J connectivity index is 2.01. The van der Waals surface area contributed by atoms with Crippen molar-refractivity contribution in [2.45, 2.75) is 25.7 Å². The Hall–Kier alpha value is -1.72. The van der Waals surface area contributed by atoms with Crippen molar-refractivity contribution in [3.63, 3.8) is 0 Å². The van der Waals surface area contributed by atoms with E-state index in [1.165, 1.54) is 18.0 Å². The van der Waals surface area contributed by atoms with Crippen molar-refractivity contribution in [1.82, 2.24) is 5.06 Å². The molecule has 0 bridgehead atoms. The minimum atomic E-state index is -4.21. The van der Waals surface area contributed by atoms with Crippen molar-refractivity contribution in [2.75, 3.05) is 13.2 Å². The normalized spacial score (nSPS) is 13.0. The molecule has 2 rings (SSSR count). The fourth-order valence-corrected chi connectivity index (χ4v) is 4.05. The minimum Gasteiger partial charge on any atom is -0.324 e. The molecule has 0 saturated heterocycles. The van der Waals surface area contributed by atoms with Gasteiger partial charge in [0.25, 0.3) is 0 Å². The second kappa shape index (κ2) is 8.59. The second-order valence-corrected chi connectivity index (χ2v) is 8.06. The topological polar surface area (TPSA) is 98.1 Å². The van der Waals surface area contributed by atoms with Crippen LogP contribution in [0.3, 0.4) is 0 Å². The van der Waals surface area contributed by atoms with Crippen molar-refractivity contribution >= 4 is 24.3 Å². The summed E-state index contributed by atoms with van der Waals surface area (Å²) in [6, 6.07) is 14.2. The molecule has 2 aromatic carbocycles. The molecule has 0 heterocycles. The molecular formula is C18H24NO5P. The standard InChI is InChI=1S/C18H24NO5P/c1-19(21)18(20)12-14(13-25(22,23)24)6-4-8-16-10-5-9-15-7-2-3-11-17(15)16/h2-3,5,7,9-11,14,21H,4,6,8,12-13H2,1H3,(H2,22,23,24)/t14-/m1/s1. The zero-order valence-corrected chi connectivity index (χ0v) is 15.1. The Kier molecular flexibility index (Phi) is 6.73. The zero-order chi connectivity index (χ0) is 18.4. The summed E-state index contributed by atoms with van der Waals surface area (Å²) in [5.41, 5.74) is 1.18. The van der Waals surface area contributed by atoms with E-state index in [4.69, 9.17) is 0 Å². The van der Waals surface area contributed by atoms with Crippen LogP contribution in [0.25, 0.3) is 10.8 Å². The fraction of sp³-hybridized carbons (Fsp3) is 0.389. The van der Waals surface area contributed by atoms with Gasteiger partial charge in [-0.05, 0) is 41.5 Å². The highest BCUT2D eigenvalue weighted by atomic mass is 31.2. The SMILES string of the molecule is CN(O)C(=O)C[C@@H](CCCc1cccc2ccccc12)CP(=O)(O)O. The fourth-order valence-electron chi connectivity index (χ4n) is 3.06. The molecule has 0 aromatic heterocycles. The van der Waals surface area contributed by atoms with E-state index < -0.39 is 19.4 Å². The average molecular weight is 365 g/mol. The van der Waals surface area contributed by atoms with Gasteiger partial charge in [-0.2, -0.15) is 0 Å². The average Bonchev–Trinajstić information content (AvgIpc) is 2.53. The second-order valence-electron chi connectivity index (χ2n) is 6.37. The maximum atomic E-state index is 11.7. The molecule has 1 atom stereocenters. The summed E-state index contributed by atoms with van der Waals surface area (Å²) in [6.45, 7) is 0. The molecule has 0 spiro atoms. The number of fused-ring (bicyclic) bond motifs is 1. The predicted molar refractivity (Wildman–Crippen MR) is 96.5 cm³/mol. The van der Waals surface area contributed by atoms with Crippen molar-refractivity contribution in [3.8, 4) is 0 Å². The van der Waals surface area contributed by atoms with E-state index in [-0.39, 0.29) is 12.6 Å². The van der Waals surface area contributed by atoms with Gasteiger partial charge in [-0.15, -0.1) is 0 Å². The number of benzene rings is 2. The number of rotatable bonds is 8. The Morgan fingerprint density at radius 1 is 1.16 bits per heavy atom. The molecule has 0 unspecified atom stereocenters. The summed E-state index contributed by atoms with van der Waals surface area (Å²) < 4.78 is 11.3. The molecule has 0 radical (unpaired) electrons. The Labute approximate surface area is 147 Å². The van der Waals surface area contributed by atoms with Crippen LogP contribution >= 0.6 is 7.60 Å². The Morgan fingerprint density at radius 2 is 1.84 bits per heavy atom. The Bertz CT molecular complexity index is 766. The summed E-state index contributed by atoms with van der Waals surface area (Å²) >= 11 is 0. The van der Waals surface area contributed by atoms with Crippen molar-refractivity contribution in [2.24, 2.45) is 5.92 Å². The molecule has 25 heavy (non-hydrogen) atoms. The lowest BCUT2D eigenvalue weighted by Crippen LogP contribution is -2.26. The first-order chi connectivity index (χ1) is 11.8. The van der Waals surface area contributed by atoms with Gasteiger partial charge in [0.1, 0.15) is 0 Å². The molecule has 3 N–H and O–H groups in total. The molecular weight excluding hydrogens is 341 g/mol. The summed E-state index contributed by atoms with van der Waals surface area (Å²) in [5, 5.41) is 12.0. The van der Waals surface area contributed by atoms with Crippen molar-refractivity contribution in [3.05, 3.63) is 48.0 Å². The van der Waals surface area contributed by atoms with Crippen molar-refractivity contribution < 1.29 is 24.4 Å². The van der Waals surface area contributed by atoms with E-state index in [1.807, 2.05) is 36.4 Å². The maximum Gasteiger partial charge on any atom is 0.325 e. The monoisotopic (exact) mass is 365 g/mol. The maximum absolute atomic E-state index is 11.7. The van der Waals surface area contributed by atoms with Crippen LogP contribution in [0, 0.1) is 5.92 Å². The predicted octanol–water partition coefficient (Wildman–Crippen LogP) is 3.19.